The summed E-state index contributed by atoms with van der Waals surface area (Å²) in [6.07, 6.45) is 8.12. The van der Waals surface area contributed by atoms with Crippen LogP contribution in [0.2, 0.25) is 0 Å². The van der Waals surface area contributed by atoms with Crippen molar-refractivity contribution in [2.75, 3.05) is 0 Å². The van der Waals surface area contributed by atoms with Gasteiger partial charge in [0, 0.05) is 24.0 Å². The Morgan fingerprint density at radius 3 is 2.72 bits per heavy atom. The Morgan fingerprint density at radius 1 is 1.25 bits per heavy atom. The van der Waals surface area contributed by atoms with E-state index in [1.165, 1.54) is 29.1 Å². The van der Waals surface area contributed by atoms with E-state index in [1.807, 2.05) is 16.2 Å². The van der Waals surface area contributed by atoms with E-state index in [4.69, 9.17) is 6.42 Å². The van der Waals surface area contributed by atoms with E-state index in [0.717, 1.165) is 12.1 Å². The molecule has 0 fully saturated rings. The number of aryl methyl sites for hydroxylation is 1. The number of nitrogens with zero attached hydrogens (tertiary/aromatic N) is 3. The number of nitrogens with one attached hydrogen (secondary N) is 3. The Bertz CT molecular complexity index is 1330. The van der Waals surface area contributed by atoms with Crippen molar-refractivity contribution in [3.8, 4) is 18.0 Å². The van der Waals surface area contributed by atoms with Crippen molar-refractivity contribution in [3.05, 3.63) is 71.6 Å². The Balaban J connectivity index is 1.75. The summed E-state index contributed by atoms with van der Waals surface area (Å²) in [6.45, 7) is 1.81. The van der Waals surface area contributed by atoms with Crippen LogP contribution >= 0.6 is 0 Å². The van der Waals surface area contributed by atoms with Crippen LogP contribution in [0.15, 0.2) is 53.7 Å². The number of carbonyl (C=O) groups is 2. The van der Waals surface area contributed by atoms with Gasteiger partial charge >= 0.3 is 0 Å². The van der Waals surface area contributed by atoms with Gasteiger partial charge in [-0.3, -0.25) is 15.0 Å². The lowest BCUT2D eigenvalue weighted by Gasteiger charge is -2.10. The second-order valence-electron chi connectivity index (χ2n) is 6.46. The standard InChI is InChI=1S/C20H17FN6O4S/c1-3-19(28)22-10-14-11-23-27(12-14)15-8-13(2)24-17(9-15)20(29)25-26-32(30,31)18-7-5-4-6-16(18)21/h1,4-9,11-12,26H,10H2,2H3,(H,22,28)(H,25,29). The minimum atomic E-state index is -4.33. The number of rotatable bonds is 7. The Morgan fingerprint density at radius 2 is 2.00 bits per heavy atom. The van der Waals surface area contributed by atoms with Crippen LogP contribution in [0, 0.1) is 25.1 Å². The first-order valence-corrected chi connectivity index (χ1v) is 10.5. The largest absolute Gasteiger partial charge is 0.341 e. The topological polar surface area (TPSA) is 135 Å². The van der Waals surface area contributed by atoms with Gasteiger partial charge in [0.1, 0.15) is 16.4 Å². The molecular weight excluding hydrogens is 439 g/mol. The highest BCUT2D eigenvalue weighted by atomic mass is 32.2. The first-order chi connectivity index (χ1) is 15.2. The lowest BCUT2D eigenvalue weighted by atomic mass is 10.2. The number of hydrogen-bond acceptors (Lipinski definition) is 6. The molecule has 12 heteroatoms. The molecule has 0 aliphatic rings. The van der Waals surface area contributed by atoms with E-state index in [0.29, 0.717) is 16.9 Å². The van der Waals surface area contributed by atoms with Crippen LogP contribution in [0.1, 0.15) is 21.7 Å². The third-order valence-electron chi connectivity index (χ3n) is 4.08. The van der Waals surface area contributed by atoms with Gasteiger partial charge in [0.05, 0.1) is 11.9 Å². The maximum atomic E-state index is 13.8. The lowest BCUT2D eigenvalue weighted by Crippen LogP contribution is -2.42. The van der Waals surface area contributed by atoms with Gasteiger partial charge in [-0.15, -0.1) is 11.3 Å². The first kappa shape index (κ1) is 22.6. The number of pyridine rings is 1. The summed E-state index contributed by atoms with van der Waals surface area (Å²) in [6, 6.07) is 7.78. The second kappa shape index (κ2) is 9.38. The van der Waals surface area contributed by atoms with Gasteiger partial charge in [0.2, 0.25) is 0 Å². The molecule has 1 aromatic carbocycles. The van der Waals surface area contributed by atoms with Gasteiger partial charge < -0.3 is 5.32 Å². The van der Waals surface area contributed by atoms with Crippen molar-refractivity contribution in [2.24, 2.45) is 0 Å². The van der Waals surface area contributed by atoms with Gasteiger partial charge in [-0.2, -0.15) is 5.10 Å². The zero-order valence-electron chi connectivity index (χ0n) is 16.7. The number of terminal acetylenes is 1. The van der Waals surface area contributed by atoms with Gasteiger partial charge in [-0.25, -0.2) is 22.5 Å². The zero-order valence-corrected chi connectivity index (χ0v) is 17.5. The summed E-state index contributed by atoms with van der Waals surface area (Å²) in [7, 11) is -4.33. The van der Waals surface area contributed by atoms with Crippen LogP contribution in [-0.2, 0) is 21.4 Å². The molecule has 0 spiro atoms. The molecule has 3 N–H and O–H groups in total. The molecule has 0 saturated heterocycles. The summed E-state index contributed by atoms with van der Waals surface area (Å²) >= 11 is 0. The average molecular weight is 456 g/mol. The minimum absolute atomic E-state index is 0.103. The number of aromatic nitrogens is 3. The maximum absolute atomic E-state index is 13.8. The molecule has 0 saturated carbocycles. The van der Waals surface area contributed by atoms with Crippen LogP contribution in [0.3, 0.4) is 0 Å². The fraction of sp³-hybridized carbons (Fsp3) is 0.100. The third-order valence-corrected chi connectivity index (χ3v) is 5.36. The summed E-state index contributed by atoms with van der Waals surface area (Å²) in [5, 5.41) is 6.67. The van der Waals surface area contributed by atoms with Crippen molar-refractivity contribution >= 4 is 21.8 Å². The number of hydrazine groups is 1. The third kappa shape index (κ3) is 5.34. The Labute approximate surface area is 182 Å². The molecule has 0 unspecified atom stereocenters. The fourth-order valence-electron chi connectivity index (χ4n) is 2.62. The molecule has 0 bridgehead atoms. The molecule has 164 valence electrons. The van der Waals surface area contributed by atoms with Crippen LogP contribution in [0.5, 0.6) is 0 Å². The molecule has 0 aliphatic heterocycles. The van der Waals surface area contributed by atoms with Gasteiger partial charge in [0.25, 0.3) is 21.8 Å². The van der Waals surface area contributed by atoms with Crippen molar-refractivity contribution in [2.45, 2.75) is 18.4 Å². The number of hydrogen-bond donors (Lipinski definition) is 3. The van der Waals surface area contributed by atoms with E-state index in [-0.39, 0.29) is 12.2 Å². The molecule has 0 atom stereocenters. The number of amides is 2. The van der Waals surface area contributed by atoms with Crippen LogP contribution in [0.4, 0.5) is 4.39 Å². The van der Waals surface area contributed by atoms with Crippen molar-refractivity contribution in [1.29, 1.82) is 0 Å². The SMILES string of the molecule is C#CC(=O)NCc1cnn(-c2cc(C)nc(C(=O)NNS(=O)(=O)c3ccccc3F)c2)c1. The number of benzene rings is 1. The molecule has 2 amide bonds. The van der Waals surface area contributed by atoms with Crippen molar-refractivity contribution in [3.63, 3.8) is 0 Å². The quantitative estimate of drug-likeness (QED) is 0.352. The van der Waals surface area contributed by atoms with Crippen molar-refractivity contribution < 1.29 is 22.4 Å². The smallest absolute Gasteiger partial charge is 0.295 e. The van der Waals surface area contributed by atoms with Crippen molar-refractivity contribution in [1.82, 2.24) is 30.3 Å². The van der Waals surface area contributed by atoms with Crippen LogP contribution < -0.4 is 15.6 Å². The summed E-state index contributed by atoms with van der Waals surface area (Å²) in [5.41, 5.74) is 3.50. The van der Waals surface area contributed by atoms with Gasteiger partial charge in [-0.05, 0) is 37.1 Å². The molecule has 10 nitrogen and oxygen atoms in total. The second-order valence-corrected chi connectivity index (χ2v) is 8.11. The molecule has 32 heavy (non-hydrogen) atoms. The first-order valence-electron chi connectivity index (χ1n) is 9.03. The Kier molecular flexibility index (Phi) is 6.62. The molecule has 3 aromatic rings. The van der Waals surface area contributed by atoms with E-state index < -0.39 is 32.6 Å². The van der Waals surface area contributed by atoms with Gasteiger partial charge in [-0.1, -0.05) is 12.1 Å². The van der Waals surface area contributed by atoms with E-state index >= 15 is 0 Å². The summed E-state index contributed by atoms with van der Waals surface area (Å²) < 4.78 is 39.7. The molecular formula is C20H17FN6O4S. The predicted molar refractivity (Wildman–Crippen MR) is 111 cm³/mol. The van der Waals surface area contributed by atoms with Crippen LogP contribution in [0.25, 0.3) is 5.69 Å². The average Bonchev–Trinajstić information content (AvgIpc) is 3.24. The monoisotopic (exact) mass is 456 g/mol. The van der Waals surface area contributed by atoms with E-state index in [9.17, 15) is 22.4 Å². The molecule has 0 aliphatic carbocycles. The predicted octanol–water partition coefficient (Wildman–Crippen LogP) is 0.588. The van der Waals surface area contributed by atoms with E-state index in [1.54, 1.807) is 19.2 Å². The summed E-state index contributed by atoms with van der Waals surface area (Å²) in [5.74, 6) is -0.441. The van der Waals surface area contributed by atoms with E-state index in [2.05, 4.69) is 15.4 Å². The molecule has 2 heterocycles. The number of sulfonamides is 1. The Hall–Kier alpha value is -4.08. The number of halogens is 1. The molecule has 2 aromatic heterocycles. The van der Waals surface area contributed by atoms with Gasteiger partial charge in [0.15, 0.2) is 0 Å². The van der Waals surface area contributed by atoms with Crippen LogP contribution in [-0.4, -0.2) is 35.0 Å². The molecule has 3 rings (SSSR count). The normalized spacial score (nSPS) is 10.9. The molecule has 0 radical (unpaired) electrons. The lowest BCUT2D eigenvalue weighted by molar-refractivity contribution is -0.115. The zero-order chi connectivity index (χ0) is 23.3. The highest BCUT2D eigenvalue weighted by molar-refractivity contribution is 7.89. The fourth-order valence-corrected chi connectivity index (χ4v) is 3.54. The minimum Gasteiger partial charge on any atom is -0.341 e. The maximum Gasteiger partial charge on any atom is 0.295 e. The highest BCUT2D eigenvalue weighted by Crippen LogP contribution is 2.14. The highest BCUT2D eigenvalue weighted by Gasteiger charge is 2.20. The number of carbonyl (C=O) groups excluding carboxylic acids is 2. The summed E-state index contributed by atoms with van der Waals surface area (Å²) in [4.78, 5) is 29.0.